The van der Waals surface area contributed by atoms with E-state index < -0.39 is 10.9 Å². The molecule has 0 radical (unpaired) electrons. The molecular weight excluding hydrogens is 386 g/mol. The number of rotatable bonds is 4. The Labute approximate surface area is 165 Å². The number of nitrogens with one attached hydrogen (secondary N) is 2. The van der Waals surface area contributed by atoms with E-state index >= 15 is 0 Å². The lowest BCUT2D eigenvalue weighted by Crippen LogP contribution is -2.21. The molecule has 0 bridgehead atoms. The molecule has 0 atom stereocenters. The first kappa shape index (κ1) is 19.2. The van der Waals surface area contributed by atoms with Crippen molar-refractivity contribution in [1.82, 2.24) is 0 Å². The Morgan fingerprint density at radius 1 is 1.30 bits per heavy atom. The van der Waals surface area contributed by atoms with Gasteiger partial charge in [0.1, 0.15) is 10.7 Å². The standard InChI is InChI=1S/C18H19N3O4S2/c1-10-7-8-12(13(9-10)21(23)24)19-18(26)20-16-15(17(22)25-2)11-5-3-4-6-14(11)27-16/h7-9H,3-6H2,1-2H3,(H2,19,20,26). The lowest BCUT2D eigenvalue weighted by molar-refractivity contribution is -0.383. The number of nitro benzene ring substituents is 1. The minimum atomic E-state index is -0.457. The highest BCUT2D eigenvalue weighted by Crippen LogP contribution is 2.38. The summed E-state index contributed by atoms with van der Waals surface area (Å²) in [5.74, 6) is -0.402. The summed E-state index contributed by atoms with van der Waals surface area (Å²) in [4.78, 5) is 24.3. The first-order valence-electron chi connectivity index (χ1n) is 8.46. The highest BCUT2D eigenvalue weighted by molar-refractivity contribution is 7.80. The van der Waals surface area contributed by atoms with Crippen molar-refractivity contribution in [2.75, 3.05) is 17.7 Å². The van der Waals surface area contributed by atoms with E-state index in [1.165, 1.54) is 24.5 Å². The summed E-state index contributed by atoms with van der Waals surface area (Å²) in [7, 11) is 1.35. The van der Waals surface area contributed by atoms with E-state index in [0.717, 1.165) is 41.7 Å². The van der Waals surface area contributed by atoms with E-state index in [4.69, 9.17) is 17.0 Å². The van der Waals surface area contributed by atoms with Crippen LogP contribution < -0.4 is 10.6 Å². The minimum Gasteiger partial charge on any atom is -0.465 e. The normalized spacial score (nSPS) is 12.8. The molecule has 3 rings (SSSR count). The highest BCUT2D eigenvalue weighted by atomic mass is 32.1. The molecule has 2 aromatic rings. The van der Waals surface area contributed by atoms with Crippen LogP contribution in [-0.4, -0.2) is 23.1 Å². The van der Waals surface area contributed by atoms with Gasteiger partial charge in [-0.05, 0) is 62.0 Å². The summed E-state index contributed by atoms with van der Waals surface area (Å²) < 4.78 is 4.94. The maximum absolute atomic E-state index is 12.3. The number of benzene rings is 1. The zero-order chi connectivity index (χ0) is 19.6. The number of nitrogens with zero attached hydrogens (tertiary/aromatic N) is 1. The number of anilines is 2. The molecule has 0 aliphatic heterocycles. The lowest BCUT2D eigenvalue weighted by atomic mass is 9.95. The number of thiocarbonyl (C=S) groups is 1. The maximum atomic E-state index is 12.3. The number of aryl methyl sites for hydroxylation is 2. The van der Waals surface area contributed by atoms with E-state index in [1.807, 2.05) is 0 Å². The predicted molar refractivity (Wildman–Crippen MR) is 110 cm³/mol. The van der Waals surface area contributed by atoms with Crippen LogP contribution in [-0.2, 0) is 17.6 Å². The number of ether oxygens (including phenoxy) is 1. The van der Waals surface area contributed by atoms with Crippen molar-refractivity contribution < 1.29 is 14.5 Å². The molecule has 0 fully saturated rings. The van der Waals surface area contributed by atoms with Gasteiger partial charge in [0.25, 0.3) is 5.69 Å². The first-order chi connectivity index (χ1) is 12.9. The van der Waals surface area contributed by atoms with Gasteiger partial charge < -0.3 is 15.4 Å². The second-order valence-corrected chi connectivity index (χ2v) is 7.78. The van der Waals surface area contributed by atoms with Crippen molar-refractivity contribution in [1.29, 1.82) is 0 Å². The van der Waals surface area contributed by atoms with Gasteiger partial charge in [0.05, 0.1) is 17.6 Å². The molecule has 27 heavy (non-hydrogen) atoms. The third kappa shape index (κ3) is 4.09. The number of fused-ring (bicyclic) bond motifs is 1. The first-order valence-corrected chi connectivity index (χ1v) is 9.69. The summed E-state index contributed by atoms with van der Waals surface area (Å²) in [6.45, 7) is 1.78. The van der Waals surface area contributed by atoms with Gasteiger partial charge in [-0.25, -0.2) is 4.79 Å². The number of methoxy groups -OCH3 is 1. The summed E-state index contributed by atoms with van der Waals surface area (Å²) in [6.07, 6.45) is 3.88. The van der Waals surface area contributed by atoms with Crippen molar-refractivity contribution in [3.63, 3.8) is 0 Å². The molecule has 0 amide bonds. The van der Waals surface area contributed by atoms with Crippen LogP contribution in [0.2, 0.25) is 0 Å². The fourth-order valence-electron chi connectivity index (χ4n) is 3.13. The molecule has 142 valence electrons. The van der Waals surface area contributed by atoms with Crippen LogP contribution in [0.1, 0.15) is 39.2 Å². The smallest absolute Gasteiger partial charge is 0.341 e. The summed E-state index contributed by atoms with van der Waals surface area (Å²) >= 11 is 6.81. The molecule has 1 heterocycles. The molecule has 2 N–H and O–H groups in total. The van der Waals surface area contributed by atoms with Crippen molar-refractivity contribution in [3.8, 4) is 0 Å². The zero-order valence-electron chi connectivity index (χ0n) is 15.0. The largest absolute Gasteiger partial charge is 0.465 e. The van der Waals surface area contributed by atoms with Gasteiger partial charge in [-0.3, -0.25) is 10.1 Å². The molecular formula is C18H19N3O4S2. The second-order valence-electron chi connectivity index (χ2n) is 6.26. The van der Waals surface area contributed by atoms with Crippen molar-refractivity contribution in [2.45, 2.75) is 32.6 Å². The van der Waals surface area contributed by atoms with Crippen LogP contribution in [0, 0.1) is 17.0 Å². The minimum absolute atomic E-state index is 0.0576. The van der Waals surface area contributed by atoms with E-state index in [1.54, 1.807) is 19.1 Å². The lowest BCUT2D eigenvalue weighted by Gasteiger charge is -2.13. The monoisotopic (exact) mass is 405 g/mol. The van der Waals surface area contributed by atoms with E-state index in [9.17, 15) is 14.9 Å². The number of hydrogen-bond donors (Lipinski definition) is 2. The molecule has 7 nitrogen and oxygen atoms in total. The van der Waals surface area contributed by atoms with Crippen LogP contribution in [0.3, 0.4) is 0 Å². The third-order valence-corrected chi connectivity index (χ3v) is 5.80. The molecule has 0 saturated carbocycles. The van der Waals surface area contributed by atoms with Gasteiger partial charge in [-0.15, -0.1) is 11.3 Å². The highest BCUT2D eigenvalue weighted by Gasteiger charge is 2.26. The Bertz CT molecular complexity index is 924. The van der Waals surface area contributed by atoms with Gasteiger partial charge in [0.15, 0.2) is 5.11 Å². The SMILES string of the molecule is COC(=O)c1c(NC(=S)Nc2ccc(C)cc2[N+](=O)[O-])sc2c1CCCC2. The molecule has 0 spiro atoms. The number of esters is 1. The molecule has 1 aliphatic carbocycles. The number of hydrogen-bond acceptors (Lipinski definition) is 6. The van der Waals surface area contributed by atoms with Crippen molar-refractivity contribution in [2.24, 2.45) is 0 Å². The average Bonchev–Trinajstić information content (AvgIpc) is 3.00. The zero-order valence-corrected chi connectivity index (χ0v) is 16.6. The Morgan fingerprint density at radius 3 is 2.74 bits per heavy atom. The Kier molecular flexibility index (Phi) is 5.71. The summed E-state index contributed by atoms with van der Waals surface area (Å²) in [6, 6.07) is 4.86. The fourth-order valence-corrected chi connectivity index (χ4v) is 4.69. The average molecular weight is 406 g/mol. The van der Waals surface area contributed by atoms with E-state index in [-0.39, 0.29) is 10.8 Å². The van der Waals surface area contributed by atoms with Gasteiger partial charge in [0, 0.05) is 10.9 Å². The second kappa shape index (κ2) is 8.01. The predicted octanol–water partition coefficient (Wildman–Crippen LogP) is 4.44. The van der Waals surface area contributed by atoms with Gasteiger partial charge in [-0.2, -0.15) is 0 Å². The molecule has 0 unspecified atom stereocenters. The Balaban J connectivity index is 1.86. The van der Waals surface area contributed by atoms with Crippen LogP contribution >= 0.6 is 23.6 Å². The van der Waals surface area contributed by atoms with Crippen molar-refractivity contribution >= 4 is 51.0 Å². The molecule has 1 aromatic carbocycles. The van der Waals surface area contributed by atoms with Crippen LogP contribution in [0.15, 0.2) is 18.2 Å². The topological polar surface area (TPSA) is 93.5 Å². The molecule has 1 aromatic heterocycles. The van der Waals surface area contributed by atoms with Gasteiger partial charge in [-0.1, -0.05) is 6.07 Å². The van der Waals surface area contributed by atoms with Crippen LogP contribution in [0.25, 0.3) is 0 Å². The Hall–Kier alpha value is -2.52. The number of thiophene rings is 1. The quantitative estimate of drug-likeness (QED) is 0.336. The van der Waals surface area contributed by atoms with Crippen molar-refractivity contribution in [3.05, 3.63) is 49.9 Å². The third-order valence-electron chi connectivity index (χ3n) is 4.39. The number of nitro groups is 1. The summed E-state index contributed by atoms with van der Waals surface area (Å²) in [5.41, 5.74) is 2.55. The fraction of sp³-hybridized carbons (Fsp3) is 0.333. The van der Waals surface area contributed by atoms with Crippen LogP contribution in [0.5, 0.6) is 0 Å². The number of carbonyl (C=O) groups excluding carboxylic acids is 1. The molecule has 1 aliphatic rings. The van der Waals surface area contributed by atoms with E-state index in [2.05, 4.69) is 10.6 Å². The number of carbonyl (C=O) groups is 1. The molecule has 0 saturated heterocycles. The van der Waals surface area contributed by atoms with Gasteiger partial charge in [0.2, 0.25) is 0 Å². The summed E-state index contributed by atoms with van der Waals surface area (Å²) in [5, 5.41) is 18.0. The Morgan fingerprint density at radius 2 is 2.04 bits per heavy atom. The van der Waals surface area contributed by atoms with Gasteiger partial charge >= 0.3 is 5.97 Å². The van der Waals surface area contributed by atoms with Crippen LogP contribution in [0.4, 0.5) is 16.4 Å². The van der Waals surface area contributed by atoms with E-state index in [0.29, 0.717) is 16.3 Å². The molecule has 9 heteroatoms. The maximum Gasteiger partial charge on any atom is 0.341 e.